The van der Waals surface area contributed by atoms with Gasteiger partial charge in [-0.15, -0.1) is 0 Å². The Morgan fingerprint density at radius 3 is 2.58 bits per heavy atom. The van der Waals surface area contributed by atoms with E-state index in [1.54, 1.807) is 18.2 Å². The highest BCUT2D eigenvalue weighted by Crippen LogP contribution is 2.26. The Labute approximate surface area is 152 Å². The first-order valence-corrected chi connectivity index (χ1v) is 9.22. The lowest BCUT2D eigenvalue weighted by molar-refractivity contribution is -0.122. The van der Waals surface area contributed by atoms with Crippen LogP contribution >= 0.6 is 0 Å². The third kappa shape index (κ3) is 5.00. The molecule has 0 unspecified atom stereocenters. The molecule has 1 saturated carbocycles. The summed E-state index contributed by atoms with van der Waals surface area (Å²) in [6, 6.07) is 9.02. The van der Waals surface area contributed by atoms with E-state index < -0.39 is 0 Å². The Bertz CT molecular complexity index is 795. The maximum atomic E-state index is 13.0. The van der Waals surface area contributed by atoms with E-state index in [0.29, 0.717) is 31.1 Å². The molecule has 1 aliphatic rings. The number of benzene rings is 1. The molecule has 0 saturated heterocycles. The van der Waals surface area contributed by atoms with Crippen LogP contribution in [0.4, 0.5) is 4.39 Å². The van der Waals surface area contributed by atoms with Crippen LogP contribution in [0.25, 0.3) is 11.3 Å². The van der Waals surface area contributed by atoms with E-state index in [1.165, 1.54) is 42.1 Å². The van der Waals surface area contributed by atoms with Crippen molar-refractivity contribution in [2.24, 2.45) is 5.92 Å². The Balaban J connectivity index is 1.55. The van der Waals surface area contributed by atoms with Gasteiger partial charge in [0.2, 0.25) is 5.91 Å². The molecule has 1 aliphatic carbocycles. The first kappa shape index (κ1) is 18.3. The van der Waals surface area contributed by atoms with Crippen molar-refractivity contribution in [3.8, 4) is 11.3 Å². The lowest BCUT2D eigenvalue weighted by Gasteiger charge is -2.20. The molecule has 1 aromatic carbocycles. The minimum atomic E-state index is -0.317. The summed E-state index contributed by atoms with van der Waals surface area (Å²) >= 11 is 0. The summed E-state index contributed by atoms with van der Waals surface area (Å²) < 4.78 is 14.4. The van der Waals surface area contributed by atoms with Gasteiger partial charge in [-0.1, -0.05) is 19.3 Å². The van der Waals surface area contributed by atoms with Gasteiger partial charge in [0.05, 0.1) is 12.2 Å². The second-order valence-corrected chi connectivity index (χ2v) is 6.84. The third-order valence-corrected chi connectivity index (χ3v) is 4.85. The summed E-state index contributed by atoms with van der Waals surface area (Å²) in [7, 11) is 0. The van der Waals surface area contributed by atoms with E-state index >= 15 is 0 Å². The fourth-order valence-corrected chi connectivity index (χ4v) is 3.41. The summed E-state index contributed by atoms with van der Waals surface area (Å²) in [5.74, 6) is 0.216. The van der Waals surface area contributed by atoms with Gasteiger partial charge in [0.25, 0.3) is 5.56 Å². The van der Waals surface area contributed by atoms with E-state index in [0.717, 1.165) is 18.4 Å². The standard InChI is InChI=1S/C20H24FN3O2/c21-17-8-6-16(7-9-17)18-10-11-20(26)24(23-18)13-12-22-19(25)14-15-4-2-1-3-5-15/h6-11,15H,1-5,12-14H2,(H,22,25). The number of carbonyl (C=O) groups excluding carboxylic acids is 1. The highest BCUT2D eigenvalue weighted by Gasteiger charge is 2.16. The molecule has 1 aromatic heterocycles. The number of carbonyl (C=O) groups is 1. The van der Waals surface area contributed by atoms with Crippen LogP contribution in [0.3, 0.4) is 0 Å². The Morgan fingerprint density at radius 1 is 1.12 bits per heavy atom. The van der Waals surface area contributed by atoms with E-state index in [-0.39, 0.29) is 17.3 Å². The van der Waals surface area contributed by atoms with E-state index in [9.17, 15) is 14.0 Å². The van der Waals surface area contributed by atoms with Crippen molar-refractivity contribution in [2.45, 2.75) is 45.1 Å². The average Bonchev–Trinajstić information content (AvgIpc) is 2.65. The van der Waals surface area contributed by atoms with E-state index in [2.05, 4.69) is 10.4 Å². The molecule has 0 atom stereocenters. The lowest BCUT2D eigenvalue weighted by Crippen LogP contribution is -2.33. The molecule has 1 N–H and O–H groups in total. The Hall–Kier alpha value is -2.50. The summed E-state index contributed by atoms with van der Waals surface area (Å²) in [6.07, 6.45) is 6.54. The van der Waals surface area contributed by atoms with Gasteiger partial charge in [-0.05, 0) is 49.1 Å². The van der Waals surface area contributed by atoms with Gasteiger partial charge < -0.3 is 5.32 Å². The van der Waals surface area contributed by atoms with Gasteiger partial charge in [-0.3, -0.25) is 9.59 Å². The summed E-state index contributed by atoms with van der Waals surface area (Å²) in [6.45, 7) is 0.676. The van der Waals surface area contributed by atoms with Gasteiger partial charge >= 0.3 is 0 Å². The molecule has 6 heteroatoms. The van der Waals surface area contributed by atoms with Crippen molar-refractivity contribution in [3.05, 3.63) is 52.6 Å². The largest absolute Gasteiger partial charge is 0.354 e. The average molecular weight is 357 g/mol. The van der Waals surface area contributed by atoms with Crippen LogP contribution < -0.4 is 10.9 Å². The maximum Gasteiger partial charge on any atom is 0.266 e. The first-order chi connectivity index (χ1) is 12.6. The van der Waals surface area contributed by atoms with Gasteiger partial charge in [0.15, 0.2) is 0 Å². The lowest BCUT2D eigenvalue weighted by atomic mass is 9.87. The van der Waals surface area contributed by atoms with Crippen molar-refractivity contribution in [1.29, 1.82) is 0 Å². The molecule has 138 valence electrons. The second kappa shape index (κ2) is 8.74. The van der Waals surface area contributed by atoms with Crippen LogP contribution in [0.1, 0.15) is 38.5 Å². The molecule has 2 aromatic rings. The Kier molecular flexibility index (Phi) is 6.15. The highest BCUT2D eigenvalue weighted by molar-refractivity contribution is 5.76. The second-order valence-electron chi connectivity index (χ2n) is 6.84. The normalized spacial score (nSPS) is 15.0. The molecular weight excluding hydrogens is 333 g/mol. The number of nitrogens with one attached hydrogen (secondary N) is 1. The fraction of sp³-hybridized carbons (Fsp3) is 0.450. The smallest absolute Gasteiger partial charge is 0.266 e. The number of nitrogens with zero attached hydrogens (tertiary/aromatic N) is 2. The zero-order valence-electron chi connectivity index (χ0n) is 14.8. The molecule has 1 fully saturated rings. The summed E-state index contributed by atoms with van der Waals surface area (Å²) in [4.78, 5) is 24.0. The summed E-state index contributed by atoms with van der Waals surface area (Å²) in [5.41, 5.74) is 1.11. The molecule has 0 aliphatic heterocycles. The highest BCUT2D eigenvalue weighted by atomic mass is 19.1. The maximum absolute atomic E-state index is 13.0. The zero-order valence-corrected chi connectivity index (χ0v) is 14.8. The predicted octanol–water partition coefficient (Wildman–Crippen LogP) is 3.14. The van der Waals surface area contributed by atoms with Crippen molar-refractivity contribution in [3.63, 3.8) is 0 Å². The molecule has 0 bridgehead atoms. The van der Waals surface area contributed by atoms with Crippen LogP contribution in [0.15, 0.2) is 41.2 Å². The molecule has 5 nitrogen and oxygen atoms in total. The topological polar surface area (TPSA) is 64.0 Å². The fourth-order valence-electron chi connectivity index (χ4n) is 3.41. The van der Waals surface area contributed by atoms with Gasteiger partial charge in [-0.25, -0.2) is 9.07 Å². The molecule has 0 spiro atoms. The SMILES string of the molecule is O=C(CC1CCCCC1)NCCn1nc(-c2ccc(F)cc2)ccc1=O. The van der Waals surface area contributed by atoms with Crippen LogP contribution in [-0.2, 0) is 11.3 Å². The van der Waals surface area contributed by atoms with Crippen molar-refractivity contribution in [2.75, 3.05) is 6.54 Å². The van der Waals surface area contributed by atoms with Gasteiger partial charge in [0.1, 0.15) is 5.82 Å². The predicted molar refractivity (Wildman–Crippen MR) is 98.1 cm³/mol. The number of rotatable bonds is 6. The number of amides is 1. The molecular formula is C20H24FN3O2. The molecule has 0 radical (unpaired) electrons. The van der Waals surface area contributed by atoms with Gasteiger partial charge in [0, 0.05) is 24.6 Å². The van der Waals surface area contributed by atoms with Crippen LogP contribution in [0, 0.1) is 11.7 Å². The van der Waals surface area contributed by atoms with Crippen molar-refractivity contribution >= 4 is 5.91 Å². The Morgan fingerprint density at radius 2 is 1.85 bits per heavy atom. The third-order valence-electron chi connectivity index (χ3n) is 4.85. The number of aromatic nitrogens is 2. The zero-order chi connectivity index (χ0) is 18.4. The molecule has 1 amide bonds. The van der Waals surface area contributed by atoms with Crippen LogP contribution in [0.2, 0.25) is 0 Å². The molecule has 26 heavy (non-hydrogen) atoms. The molecule has 1 heterocycles. The quantitative estimate of drug-likeness (QED) is 0.864. The number of hydrogen-bond donors (Lipinski definition) is 1. The minimum absolute atomic E-state index is 0.0413. The van der Waals surface area contributed by atoms with Crippen molar-refractivity contribution < 1.29 is 9.18 Å². The van der Waals surface area contributed by atoms with Crippen molar-refractivity contribution in [1.82, 2.24) is 15.1 Å². The molecule has 3 rings (SSSR count). The minimum Gasteiger partial charge on any atom is -0.354 e. The number of hydrogen-bond acceptors (Lipinski definition) is 3. The van der Waals surface area contributed by atoms with E-state index in [1.807, 2.05) is 0 Å². The van der Waals surface area contributed by atoms with Crippen LogP contribution in [0.5, 0.6) is 0 Å². The summed E-state index contributed by atoms with van der Waals surface area (Å²) in [5, 5.41) is 7.20. The number of halogens is 1. The first-order valence-electron chi connectivity index (χ1n) is 9.22. The van der Waals surface area contributed by atoms with Crippen LogP contribution in [-0.4, -0.2) is 22.2 Å². The van der Waals surface area contributed by atoms with Gasteiger partial charge in [-0.2, -0.15) is 5.10 Å². The van der Waals surface area contributed by atoms with E-state index in [4.69, 9.17) is 0 Å². The monoisotopic (exact) mass is 357 g/mol.